The molecule has 1 heterocycles. The molecule has 0 bridgehead atoms. The van der Waals surface area contributed by atoms with E-state index in [2.05, 4.69) is 51.3 Å². The van der Waals surface area contributed by atoms with Crippen molar-refractivity contribution in [2.75, 3.05) is 6.61 Å². The first-order valence-electron chi connectivity index (χ1n) is 16.5. The highest BCUT2D eigenvalue weighted by atomic mass is 19.1. The number of nitrogens with zero attached hydrogens (tertiary/aromatic N) is 2. The van der Waals surface area contributed by atoms with Gasteiger partial charge in [0.1, 0.15) is 6.29 Å². The highest BCUT2D eigenvalue weighted by Gasteiger charge is 2.17. The molecular formula is C40H59FN2O3. The summed E-state index contributed by atoms with van der Waals surface area (Å²) in [4.78, 5) is 20.1. The molecule has 1 N–H and O–H groups in total. The van der Waals surface area contributed by atoms with E-state index in [4.69, 9.17) is 14.8 Å². The summed E-state index contributed by atoms with van der Waals surface area (Å²) >= 11 is 0. The van der Waals surface area contributed by atoms with E-state index in [1.165, 1.54) is 18.9 Å². The Balaban J connectivity index is 0.00000263. The third-order valence-corrected chi connectivity index (χ3v) is 7.06. The Morgan fingerprint density at radius 2 is 1.74 bits per heavy atom. The minimum absolute atomic E-state index is 0.308. The van der Waals surface area contributed by atoms with Crippen molar-refractivity contribution in [1.82, 2.24) is 4.98 Å². The third kappa shape index (κ3) is 19.1. The minimum Gasteiger partial charge on any atom is -0.490 e. The Kier molecular flexibility index (Phi) is 21.1. The number of carbonyl (C=O) groups is 1. The first kappa shape index (κ1) is 42.4. The number of allylic oxidation sites excluding steroid dienone is 2. The van der Waals surface area contributed by atoms with Crippen LogP contribution in [0.15, 0.2) is 59.9 Å². The number of para-hydroxylation sites is 1. The van der Waals surface area contributed by atoms with Crippen LogP contribution in [-0.2, 0) is 17.6 Å². The maximum absolute atomic E-state index is 14.1. The van der Waals surface area contributed by atoms with Crippen LogP contribution in [-0.4, -0.2) is 34.3 Å². The summed E-state index contributed by atoms with van der Waals surface area (Å²) in [6.45, 7) is 20.9. The van der Waals surface area contributed by atoms with Gasteiger partial charge in [-0.1, -0.05) is 58.9 Å². The number of aryl methyl sites for hydroxylation is 2. The molecule has 1 aromatic carbocycles. The number of benzene rings is 1. The maximum atomic E-state index is 14.1. The maximum Gasteiger partial charge on any atom is 0.165 e. The van der Waals surface area contributed by atoms with Gasteiger partial charge in [-0.3, -0.25) is 9.98 Å². The fourth-order valence-electron chi connectivity index (χ4n) is 4.74. The fraction of sp³-hybridized carbons (Fsp3) is 0.525. The van der Waals surface area contributed by atoms with Crippen LogP contribution in [0.4, 0.5) is 4.39 Å². The average molecular weight is 635 g/mol. The molecule has 254 valence electrons. The first-order chi connectivity index (χ1) is 21.7. The Morgan fingerprint density at radius 1 is 1.07 bits per heavy atom. The SMILES string of the molecule is C#C.C=C(CCCC(C)(C)CCC)/C(=C\N=C(C)CCC=O)c1ccc(CCCOc2c(F)cccc2CC)cn1.CC(C)(C)O. The van der Waals surface area contributed by atoms with E-state index in [9.17, 15) is 9.18 Å². The van der Waals surface area contributed by atoms with Crippen molar-refractivity contribution in [2.24, 2.45) is 10.4 Å². The lowest BCUT2D eigenvalue weighted by Gasteiger charge is -2.24. The van der Waals surface area contributed by atoms with E-state index >= 15 is 0 Å². The van der Waals surface area contributed by atoms with Crippen molar-refractivity contribution in [3.8, 4) is 18.6 Å². The zero-order chi connectivity index (χ0) is 35.2. The van der Waals surface area contributed by atoms with Crippen molar-refractivity contribution >= 4 is 17.6 Å². The van der Waals surface area contributed by atoms with Crippen molar-refractivity contribution in [2.45, 2.75) is 125 Å². The molecular weight excluding hydrogens is 575 g/mol. The van der Waals surface area contributed by atoms with Gasteiger partial charge in [0.15, 0.2) is 11.6 Å². The van der Waals surface area contributed by atoms with Crippen LogP contribution in [0, 0.1) is 24.1 Å². The first-order valence-corrected chi connectivity index (χ1v) is 16.5. The number of carbonyl (C=O) groups excluding carboxylic acids is 1. The van der Waals surface area contributed by atoms with Crippen LogP contribution in [0.25, 0.3) is 5.57 Å². The van der Waals surface area contributed by atoms with E-state index in [0.717, 1.165) is 78.5 Å². The van der Waals surface area contributed by atoms with Crippen molar-refractivity contribution < 1.29 is 19.0 Å². The largest absolute Gasteiger partial charge is 0.490 e. The average Bonchev–Trinajstić information content (AvgIpc) is 2.99. The molecule has 0 atom stereocenters. The van der Waals surface area contributed by atoms with E-state index in [1.54, 1.807) is 26.8 Å². The number of aliphatic imine (C=N–C) groups is 1. The molecule has 5 nitrogen and oxygen atoms in total. The van der Waals surface area contributed by atoms with Gasteiger partial charge in [-0.05, 0) is 113 Å². The number of aromatic nitrogens is 1. The lowest BCUT2D eigenvalue weighted by molar-refractivity contribution is -0.107. The number of hydrogen-bond acceptors (Lipinski definition) is 5. The van der Waals surface area contributed by atoms with Gasteiger partial charge < -0.3 is 14.6 Å². The van der Waals surface area contributed by atoms with Gasteiger partial charge in [-0.25, -0.2) is 4.39 Å². The number of aliphatic hydroxyl groups is 1. The molecule has 0 saturated heterocycles. The summed E-state index contributed by atoms with van der Waals surface area (Å²) in [6.07, 6.45) is 21.6. The van der Waals surface area contributed by atoms with Crippen LogP contribution >= 0.6 is 0 Å². The summed E-state index contributed by atoms with van der Waals surface area (Å²) in [5.74, 6) is 0.0572. The molecule has 46 heavy (non-hydrogen) atoms. The molecule has 0 aliphatic carbocycles. The summed E-state index contributed by atoms with van der Waals surface area (Å²) in [7, 11) is 0. The van der Waals surface area contributed by atoms with E-state index in [0.29, 0.717) is 30.6 Å². The summed E-state index contributed by atoms with van der Waals surface area (Å²) in [5.41, 5.74) is 5.54. The third-order valence-electron chi connectivity index (χ3n) is 7.06. The van der Waals surface area contributed by atoms with Crippen molar-refractivity contribution in [3.05, 3.63) is 77.5 Å². The predicted octanol–water partition coefficient (Wildman–Crippen LogP) is 10.2. The van der Waals surface area contributed by atoms with Crippen molar-refractivity contribution in [3.63, 3.8) is 0 Å². The van der Waals surface area contributed by atoms with Gasteiger partial charge >= 0.3 is 0 Å². The van der Waals surface area contributed by atoms with Crippen LogP contribution in [0.1, 0.15) is 124 Å². The van der Waals surface area contributed by atoms with Gasteiger partial charge in [-0.2, -0.15) is 0 Å². The molecule has 6 heteroatoms. The van der Waals surface area contributed by atoms with E-state index < -0.39 is 5.60 Å². The van der Waals surface area contributed by atoms with Gasteiger partial charge in [0, 0.05) is 30.1 Å². The highest BCUT2D eigenvalue weighted by molar-refractivity contribution is 5.86. The summed E-state index contributed by atoms with van der Waals surface area (Å²) in [6, 6.07) is 9.17. The van der Waals surface area contributed by atoms with E-state index in [-0.39, 0.29) is 5.82 Å². The molecule has 0 aliphatic rings. The monoisotopic (exact) mass is 634 g/mol. The zero-order valence-electron chi connectivity index (χ0n) is 29.8. The molecule has 0 unspecified atom stereocenters. The molecule has 0 saturated carbocycles. The van der Waals surface area contributed by atoms with Crippen LogP contribution < -0.4 is 4.74 Å². The number of halogens is 1. The normalized spacial score (nSPS) is 11.9. The van der Waals surface area contributed by atoms with E-state index in [1.807, 2.05) is 38.4 Å². The number of terminal acetylenes is 1. The molecule has 2 rings (SSSR count). The summed E-state index contributed by atoms with van der Waals surface area (Å²) in [5, 5.41) is 8.52. The minimum atomic E-state index is -0.500. The number of pyridine rings is 1. The topological polar surface area (TPSA) is 71.8 Å². The second kappa shape index (κ2) is 22.9. The van der Waals surface area contributed by atoms with Crippen LogP contribution in [0.2, 0.25) is 0 Å². The number of hydrogen-bond donors (Lipinski definition) is 1. The zero-order valence-corrected chi connectivity index (χ0v) is 29.8. The van der Waals surface area contributed by atoms with Crippen LogP contribution in [0.3, 0.4) is 0 Å². The fourth-order valence-corrected chi connectivity index (χ4v) is 4.74. The quantitative estimate of drug-likeness (QED) is 0.0582. The molecule has 0 fully saturated rings. The van der Waals surface area contributed by atoms with Crippen LogP contribution in [0.5, 0.6) is 5.75 Å². The highest BCUT2D eigenvalue weighted by Crippen LogP contribution is 2.32. The molecule has 0 radical (unpaired) electrons. The molecule has 2 aromatic rings. The smallest absolute Gasteiger partial charge is 0.165 e. The standard InChI is InChI=1S/C34H47FN2O2.C4H10O.C2H2/c1-7-20-34(5,6)21-10-13-26(3)30(25-36-27(4)14-11-22-38)32-19-18-28(24-37-32)15-12-23-39-33-29(8-2)16-9-17-31(33)35;1-4(2,3)5;1-2/h9,16-19,22,24-25H,3,7-8,10-15,20-21,23H2,1-2,4-6H3;5H,1-3H3;1-2H/b30-25+,36-27?;;. The summed E-state index contributed by atoms with van der Waals surface area (Å²) < 4.78 is 19.9. The molecule has 0 spiro atoms. The number of rotatable bonds is 18. The molecule has 1 aromatic heterocycles. The Bertz CT molecular complexity index is 1250. The van der Waals surface area contributed by atoms with Gasteiger partial charge in [0.2, 0.25) is 0 Å². The van der Waals surface area contributed by atoms with Gasteiger partial charge in [0.25, 0.3) is 0 Å². The second-order valence-electron chi connectivity index (χ2n) is 13.2. The molecule has 0 aliphatic heterocycles. The Morgan fingerprint density at radius 3 is 2.30 bits per heavy atom. The second-order valence-corrected chi connectivity index (χ2v) is 13.2. The number of aldehydes is 1. The van der Waals surface area contributed by atoms with Crippen molar-refractivity contribution in [1.29, 1.82) is 0 Å². The Hall–Kier alpha value is -3.56. The predicted molar refractivity (Wildman–Crippen MR) is 194 cm³/mol. The molecule has 0 amide bonds. The van der Waals surface area contributed by atoms with Gasteiger partial charge in [-0.15, -0.1) is 12.8 Å². The lowest BCUT2D eigenvalue weighted by atomic mass is 9.82. The number of ether oxygens (including phenoxy) is 1. The Labute approximate surface area is 279 Å². The van der Waals surface area contributed by atoms with Gasteiger partial charge in [0.05, 0.1) is 17.9 Å². The lowest BCUT2D eigenvalue weighted by Crippen LogP contribution is -2.10.